The minimum atomic E-state index is -0.310. The molecule has 14 heavy (non-hydrogen) atoms. The molecule has 5 nitrogen and oxygen atoms in total. The van der Waals surface area contributed by atoms with Gasteiger partial charge < -0.3 is 14.6 Å². The molecule has 0 fully saturated rings. The van der Waals surface area contributed by atoms with Crippen LogP contribution in [0.15, 0.2) is 12.5 Å². The van der Waals surface area contributed by atoms with E-state index in [1.54, 1.807) is 19.6 Å². The molecule has 1 heterocycles. The van der Waals surface area contributed by atoms with Crippen molar-refractivity contribution in [2.24, 2.45) is 7.05 Å². The largest absolute Gasteiger partial charge is 0.468 e. The van der Waals surface area contributed by atoms with Crippen LogP contribution >= 0.6 is 0 Å². The molecule has 0 radical (unpaired) electrons. The Bertz CT molecular complexity index is 309. The van der Waals surface area contributed by atoms with Crippen molar-refractivity contribution in [3.63, 3.8) is 0 Å². The summed E-state index contributed by atoms with van der Waals surface area (Å²) in [6.07, 6.45) is 4.03. The molecule has 0 aliphatic heterocycles. The summed E-state index contributed by atoms with van der Waals surface area (Å²) < 4.78 is 6.54. The van der Waals surface area contributed by atoms with Gasteiger partial charge in [-0.1, -0.05) is 0 Å². The Morgan fingerprint density at radius 1 is 1.79 bits per heavy atom. The molecular formula is C9H15N3O2. The van der Waals surface area contributed by atoms with Crippen molar-refractivity contribution in [3.8, 4) is 0 Å². The van der Waals surface area contributed by atoms with E-state index in [0.717, 1.165) is 5.69 Å². The Morgan fingerprint density at radius 2 is 2.50 bits per heavy atom. The fourth-order valence-corrected chi connectivity index (χ4v) is 1.24. The van der Waals surface area contributed by atoms with Crippen LogP contribution in [-0.4, -0.2) is 35.7 Å². The van der Waals surface area contributed by atoms with Gasteiger partial charge in [0.05, 0.1) is 13.4 Å². The van der Waals surface area contributed by atoms with Crippen LogP contribution in [0.5, 0.6) is 0 Å². The van der Waals surface area contributed by atoms with Crippen molar-refractivity contribution in [2.45, 2.75) is 12.5 Å². The van der Waals surface area contributed by atoms with Crippen LogP contribution in [0.1, 0.15) is 5.69 Å². The van der Waals surface area contributed by atoms with Crippen LogP contribution < -0.4 is 5.32 Å². The third-order valence-corrected chi connectivity index (χ3v) is 2.16. The zero-order valence-corrected chi connectivity index (χ0v) is 8.65. The molecule has 1 N–H and O–H groups in total. The monoisotopic (exact) mass is 197 g/mol. The lowest BCUT2D eigenvalue weighted by Gasteiger charge is -2.13. The fourth-order valence-electron chi connectivity index (χ4n) is 1.24. The molecule has 0 bridgehead atoms. The minimum Gasteiger partial charge on any atom is -0.468 e. The van der Waals surface area contributed by atoms with E-state index < -0.39 is 0 Å². The van der Waals surface area contributed by atoms with Gasteiger partial charge in [0.25, 0.3) is 0 Å². The van der Waals surface area contributed by atoms with Crippen LogP contribution in [-0.2, 0) is 23.0 Å². The topological polar surface area (TPSA) is 56.2 Å². The van der Waals surface area contributed by atoms with Gasteiger partial charge in [0.1, 0.15) is 6.04 Å². The summed E-state index contributed by atoms with van der Waals surface area (Å²) in [5, 5.41) is 2.90. The molecule has 0 amide bonds. The average Bonchev–Trinajstić information content (AvgIpc) is 2.59. The Balaban J connectivity index is 2.66. The molecule has 1 aromatic heterocycles. The first-order valence-corrected chi connectivity index (χ1v) is 4.39. The van der Waals surface area contributed by atoms with Gasteiger partial charge in [-0.3, -0.25) is 4.79 Å². The van der Waals surface area contributed by atoms with Gasteiger partial charge in [-0.2, -0.15) is 0 Å². The van der Waals surface area contributed by atoms with Gasteiger partial charge in [0.2, 0.25) is 0 Å². The summed E-state index contributed by atoms with van der Waals surface area (Å²) in [5.41, 5.74) is 0.995. The van der Waals surface area contributed by atoms with E-state index in [0.29, 0.717) is 6.42 Å². The highest BCUT2D eigenvalue weighted by atomic mass is 16.5. The van der Waals surface area contributed by atoms with Gasteiger partial charge >= 0.3 is 5.97 Å². The molecule has 1 atom stereocenters. The molecule has 1 rings (SSSR count). The first-order valence-electron chi connectivity index (χ1n) is 4.39. The molecule has 1 aromatic rings. The zero-order chi connectivity index (χ0) is 10.6. The number of hydrogen-bond donors (Lipinski definition) is 1. The van der Waals surface area contributed by atoms with Gasteiger partial charge in [0.15, 0.2) is 0 Å². The maximum absolute atomic E-state index is 11.3. The third kappa shape index (κ3) is 2.32. The summed E-state index contributed by atoms with van der Waals surface area (Å²) in [5.74, 6) is -0.256. The number of carbonyl (C=O) groups is 1. The van der Waals surface area contributed by atoms with E-state index in [-0.39, 0.29) is 12.0 Å². The normalized spacial score (nSPS) is 12.5. The quantitative estimate of drug-likeness (QED) is 0.675. The van der Waals surface area contributed by atoms with E-state index in [9.17, 15) is 4.79 Å². The SMILES string of the molecule is CNC(Cc1cncn1C)C(=O)OC. The number of esters is 1. The third-order valence-electron chi connectivity index (χ3n) is 2.16. The maximum atomic E-state index is 11.3. The minimum absolute atomic E-state index is 0.256. The number of hydrogen-bond acceptors (Lipinski definition) is 4. The van der Waals surface area contributed by atoms with Crippen molar-refractivity contribution in [1.29, 1.82) is 0 Å². The Morgan fingerprint density at radius 3 is 2.93 bits per heavy atom. The number of aryl methyl sites for hydroxylation is 1. The number of aromatic nitrogens is 2. The Kier molecular flexibility index (Phi) is 3.64. The molecule has 0 aliphatic rings. The van der Waals surface area contributed by atoms with Crippen LogP contribution in [0.25, 0.3) is 0 Å². The molecule has 1 unspecified atom stereocenters. The number of carbonyl (C=O) groups excluding carboxylic acids is 1. The number of ether oxygens (including phenoxy) is 1. The van der Waals surface area contributed by atoms with E-state index in [1.165, 1.54) is 7.11 Å². The highest BCUT2D eigenvalue weighted by Gasteiger charge is 2.18. The van der Waals surface area contributed by atoms with Gasteiger partial charge in [-0.25, -0.2) is 4.98 Å². The van der Waals surface area contributed by atoms with E-state index >= 15 is 0 Å². The molecule has 0 spiro atoms. The van der Waals surface area contributed by atoms with Crippen molar-refractivity contribution < 1.29 is 9.53 Å². The first kappa shape index (κ1) is 10.7. The first-order chi connectivity index (χ1) is 6.69. The van der Waals surface area contributed by atoms with Gasteiger partial charge in [-0.15, -0.1) is 0 Å². The number of nitrogens with one attached hydrogen (secondary N) is 1. The van der Waals surface area contributed by atoms with Crippen molar-refractivity contribution >= 4 is 5.97 Å². The second-order valence-electron chi connectivity index (χ2n) is 3.06. The molecule has 5 heteroatoms. The lowest BCUT2D eigenvalue weighted by atomic mass is 10.1. The van der Waals surface area contributed by atoms with Crippen molar-refractivity contribution in [1.82, 2.24) is 14.9 Å². The average molecular weight is 197 g/mol. The second-order valence-corrected chi connectivity index (χ2v) is 3.06. The Labute approximate surface area is 83.1 Å². The standard InChI is InChI=1S/C9H15N3O2/c1-10-8(9(13)14-3)4-7-5-11-6-12(7)2/h5-6,8,10H,4H2,1-3H3. The summed E-state index contributed by atoms with van der Waals surface area (Å²) >= 11 is 0. The van der Waals surface area contributed by atoms with Gasteiger partial charge in [-0.05, 0) is 7.05 Å². The predicted molar refractivity (Wildman–Crippen MR) is 51.8 cm³/mol. The van der Waals surface area contributed by atoms with E-state index in [4.69, 9.17) is 0 Å². The van der Waals surface area contributed by atoms with Crippen LogP contribution in [0.2, 0.25) is 0 Å². The molecule has 0 saturated carbocycles. The van der Waals surface area contributed by atoms with E-state index in [2.05, 4.69) is 15.0 Å². The van der Waals surface area contributed by atoms with Crippen molar-refractivity contribution in [2.75, 3.05) is 14.2 Å². The number of methoxy groups -OCH3 is 1. The zero-order valence-electron chi connectivity index (χ0n) is 8.65. The van der Waals surface area contributed by atoms with Gasteiger partial charge in [0, 0.05) is 25.4 Å². The number of likely N-dealkylation sites (N-methyl/N-ethyl adjacent to an activating group) is 1. The molecule has 78 valence electrons. The maximum Gasteiger partial charge on any atom is 0.323 e. The lowest BCUT2D eigenvalue weighted by molar-refractivity contribution is -0.142. The van der Waals surface area contributed by atoms with Crippen LogP contribution in [0, 0.1) is 0 Å². The number of nitrogens with zero attached hydrogens (tertiary/aromatic N) is 2. The number of rotatable bonds is 4. The highest BCUT2D eigenvalue weighted by Crippen LogP contribution is 2.02. The summed E-state index contributed by atoms with van der Waals surface area (Å²) in [7, 11) is 5.01. The van der Waals surface area contributed by atoms with Crippen molar-refractivity contribution in [3.05, 3.63) is 18.2 Å². The summed E-state index contributed by atoms with van der Waals surface area (Å²) in [4.78, 5) is 15.2. The van der Waals surface area contributed by atoms with Crippen LogP contribution in [0.3, 0.4) is 0 Å². The summed E-state index contributed by atoms with van der Waals surface area (Å²) in [6, 6.07) is -0.310. The Hall–Kier alpha value is -1.36. The van der Waals surface area contributed by atoms with E-state index in [1.807, 2.05) is 11.6 Å². The second kappa shape index (κ2) is 4.76. The smallest absolute Gasteiger partial charge is 0.323 e. The summed E-state index contributed by atoms with van der Waals surface area (Å²) in [6.45, 7) is 0. The lowest BCUT2D eigenvalue weighted by Crippen LogP contribution is -2.37. The number of imidazole rings is 1. The fraction of sp³-hybridized carbons (Fsp3) is 0.556. The highest BCUT2D eigenvalue weighted by molar-refractivity contribution is 5.75. The predicted octanol–water partition coefficient (Wildman–Crippen LogP) is -0.276. The molecule has 0 aromatic carbocycles. The molecule has 0 aliphatic carbocycles. The van der Waals surface area contributed by atoms with Crippen LogP contribution in [0.4, 0.5) is 0 Å². The molecule has 0 saturated heterocycles. The molecular weight excluding hydrogens is 182 g/mol.